The lowest BCUT2D eigenvalue weighted by Crippen LogP contribution is -2.21. The first-order valence-corrected chi connectivity index (χ1v) is 12.0. The van der Waals surface area contributed by atoms with E-state index in [2.05, 4.69) is 22.2 Å². The first kappa shape index (κ1) is 22.9. The van der Waals surface area contributed by atoms with Crippen molar-refractivity contribution >= 4 is 22.6 Å². The number of aliphatic hydroxyl groups excluding tert-OH is 1. The average molecular weight is 483 g/mol. The van der Waals surface area contributed by atoms with Crippen LogP contribution in [0.4, 0.5) is 4.39 Å². The van der Waals surface area contributed by atoms with E-state index in [-0.39, 0.29) is 17.0 Å². The van der Waals surface area contributed by atoms with Crippen molar-refractivity contribution < 1.29 is 14.2 Å². The van der Waals surface area contributed by atoms with Gasteiger partial charge in [0.1, 0.15) is 17.2 Å². The lowest BCUT2D eigenvalue weighted by atomic mass is 9.91. The lowest BCUT2D eigenvalue weighted by Gasteiger charge is -2.25. The van der Waals surface area contributed by atoms with Gasteiger partial charge in [0.2, 0.25) is 0 Å². The molecule has 1 aromatic carbocycles. The number of H-pyrrole nitrogens is 1. The molecule has 0 aliphatic heterocycles. The Kier molecular flexibility index (Phi) is 6.08. The summed E-state index contributed by atoms with van der Waals surface area (Å²) in [5, 5.41) is 15.6. The Balaban J connectivity index is 1.53. The number of halogens is 2. The highest BCUT2D eigenvalue weighted by Crippen LogP contribution is 2.41. The molecule has 3 aromatic heterocycles. The van der Waals surface area contributed by atoms with E-state index in [0.29, 0.717) is 17.4 Å². The zero-order valence-electron chi connectivity index (χ0n) is 19.5. The number of ether oxygens (including phenoxy) is 1. The second kappa shape index (κ2) is 9.04. The van der Waals surface area contributed by atoms with Gasteiger partial charge >= 0.3 is 0 Å². The van der Waals surface area contributed by atoms with Crippen LogP contribution in [0.3, 0.4) is 0 Å². The number of nitrogens with zero attached hydrogens (tertiary/aromatic N) is 3. The molecular formula is C26H28ClFN4O2. The number of aromatic amines is 1. The molecule has 8 heteroatoms. The molecule has 178 valence electrons. The standard InChI is InChI=1S/C26H28ClFN4O2/c1-14(24-23(34-3)9-8-22(28)25(24)27)20-12-30-26-19(20)10-16(11-29-26)21-13-32(31-15(21)2)17-4-6-18(33)7-5-17/h8-14,17-18,33H,4-7H2,1-3H3,(H,29,30)/t14-,17-,18-/m0/s1. The van der Waals surface area contributed by atoms with Crippen molar-refractivity contribution in [2.75, 3.05) is 7.11 Å². The fourth-order valence-corrected chi connectivity index (χ4v) is 5.41. The Morgan fingerprint density at radius 1 is 1.26 bits per heavy atom. The molecule has 0 spiro atoms. The molecule has 3 heterocycles. The Hall–Kier alpha value is -2.90. The van der Waals surface area contributed by atoms with E-state index in [0.717, 1.165) is 59.1 Å². The summed E-state index contributed by atoms with van der Waals surface area (Å²) in [7, 11) is 1.56. The summed E-state index contributed by atoms with van der Waals surface area (Å²) in [4.78, 5) is 7.88. The van der Waals surface area contributed by atoms with Crippen LogP contribution in [0, 0.1) is 12.7 Å². The molecule has 0 unspecified atom stereocenters. The molecule has 5 rings (SSSR count). The molecule has 1 aliphatic rings. The van der Waals surface area contributed by atoms with Gasteiger partial charge in [-0.3, -0.25) is 4.68 Å². The van der Waals surface area contributed by atoms with Crippen molar-refractivity contribution in [3.63, 3.8) is 0 Å². The molecule has 1 saturated carbocycles. The third-order valence-corrected chi connectivity index (χ3v) is 7.43. The molecule has 34 heavy (non-hydrogen) atoms. The van der Waals surface area contributed by atoms with Crippen LogP contribution >= 0.6 is 11.6 Å². The van der Waals surface area contributed by atoms with Crippen LogP contribution in [-0.4, -0.2) is 38.1 Å². The van der Waals surface area contributed by atoms with Gasteiger partial charge in [-0.05, 0) is 56.4 Å². The van der Waals surface area contributed by atoms with Crippen LogP contribution in [0.25, 0.3) is 22.2 Å². The van der Waals surface area contributed by atoms with E-state index in [1.54, 1.807) is 13.2 Å². The van der Waals surface area contributed by atoms with Gasteiger partial charge in [0.25, 0.3) is 0 Å². The van der Waals surface area contributed by atoms with Gasteiger partial charge in [0.15, 0.2) is 0 Å². The minimum atomic E-state index is -0.471. The lowest BCUT2D eigenvalue weighted by molar-refractivity contribution is 0.108. The third kappa shape index (κ3) is 3.97. The fourth-order valence-electron chi connectivity index (χ4n) is 5.09. The zero-order chi connectivity index (χ0) is 24.0. The summed E-state index contributed by atoms with van der Waals surface area (Å²) in [6.45, 7) is 3.99. The molecule has 6 nitrogen and oxygen atoms in total. The van der Waals surface area contributed by atoms with E-state index < -0.39 is 5.82 Å². The SMILES string of the molecule is COc1ccc(F)c(Cl)c1[C@@H](C)c1c[nH]c2ncc(-c3cn([C@H]4CC[C@H](O)CC4)nc3C)cc12. The highest BCUT2D eigenvalue weighted by molar-refractivity contribution is 6.31. The number of benzene rings is 1. The van der Waals surface area contributed by atoms with Gasteiger partial charge in [-0.2, -0.15) is 5.10 Å². The van der Waals surface area contributed by atoms with Crippen LogP contribution in [0.2, 0.25) is 5.02 Å². The minimum Gasteiger partial charge on any atom is -0.496 e. The minimum absolute atomic E-state index is 0.0695. The number of rotatable bonds is 5. The quantitative estimate of drug-likeness (QED) is 0.357. The maximum absolute atomic E-state index is 14.3. The maximum Gasteiger partial charge on any atom is 0.142 e. The fraction of sp³-hybridized carbons (Fsp3) is 0.385. The maximum atomic E-state index is 14.3. The molecular weight excluding hydrogens is 455 g/mol. The van der Waals surface area contributed by atoms with Crippen LogP contribution in [0.1, 0.15) is 61.4 Å². The molecule has 4 aromatic rings. The second-order valence-corrected chi connectivity index (χ2v) is 9.51. The van der Waals surface area contributed by atoms with Crippen molar-refractivity contribution in [2.24, 2.45) is 0 Å². The van der Waals surface area contributed by atoms with Crippen LogP contribution < -0.4 is 4.74 Å². The number of nitrogens with one attached hydrogen (secondary N) is 1. The molecule has 0 bridgehead atoms. The third-order valence-electron chi connectivity index (χ3n) is 7.04. The molecule has 0 amide bonds. The van der Waals surface area contributed by atoms with E-state index in [9.17, 15) is 9.50 Å². The Morgan fingerprint density at radius 2 is 2.03 bits per heavy atom. The summed E-state index contributed by atoms with van der Waals surface area (Å²) >= 11 is 6.37. The number of hydrogen-bond acceptors (Lipinski definition) is 4. The number of methoxy groups -OCH3 is 1. The predicted molar refractivity (Wildman–Crippen MR) is 131 cm³/mol. The summed E-state index contributed by atoms with van der Waals surface area (Å²) in [5.74, 6) is -0.144. The van der Waals surface area contributed by atoms with Gasteiger partial charge in [0.05, 0.1) is 30.0 Å². The number of aliphatic hydroxyl groups is 1. The second-order valence-electron chi connectivity index (χ2n) is 9.13. The normalized spacial score (nSPS) is 19.5. The molecule has 1 fully saturated rings. The number of pyridine rings is 1. The number of hydrogen-bond donors (Lipinski definition) is 2. The van der Waals surface area contributed by atoms with Crippen molar-refractivity contribution in [3.05, 3.63) is 64.5 Å². The first-order valence-electron chi connectivity index (χ1n) is 11.6. The van der Waals surface area contributed by atoms with Gasteiger partial charge in [0, 0.05) is 46.6 Å². The van der Waals surface area contributed by atoms with Crippen LogP contribution in [0.15, 0.2) is 36.8 Å². The monoisotopic (exact) mass is 482 g/mol. The van der Waals surface area contributed by atoms with Gasteiger partial charge in [-0.15, -0.1) is 0 Å². The first-order chi connectivity index (χ1) is 16.4. The highest BCUT2D eigenvalue weighted by atomic mass is 35.5. The van der Waals surface area contributed by atoms with E-state index >= 15 is 0 Å². The largest absolute Gasteiger partial charge is 0.496 e. The summed E-state index contributed by atoms with van der Waals surface area (Å²) < 4.78 is 21.8. The smallest absolute Gasteiger partial charge is 0.142 e. The number of fused-ring (bicyclic) bond motifs is 1. The topological polar surface area (TPSA) is 76.0 Å². The molecule has 1 atom stereocenters. The van der Waals surface area contributed by atoms with E-state index in [4.69, 9.17) is 21.4 Å². The van der Waals surface area contributed by atoms with Crippen molar-refractivity contribution in [1.29, 1.82) is 0 Å². The summed E-state index contributed by atoms with van der Waals surface area (Å²) in [6, 6.07) is 5.33. The van der Waals surface area contributed by atoms with Crippen LogP contribution in [0.5, 0.6) is 5.75 Å². The Bertz CT molecular complexity index is 1340. The zero-order valence-corrected chi connectivity index (χ0v) is 20.2. The van der Waals surface area contributed by atoms with Crippen molar-refractivity contribution in [1.82, 2.24) is 19.7 Å². The van der Waals surface area contributed by atoms with E-state index in [1.165, 1.54) is 6.07 Å². The summed E-state index contributed by atoms with van der Waals surface area (Å²) in [6.07, 6.45) is 9.11. The molecule has 0 radical (unpaired) electrons. The number of aromatic nitrogens is 4. The Morgan fingerprint density at radius 3 is 2.76 bits per heavy atom. The molecule has 0 saturated heterocycles. The van der Waals surface area contributed by atoms with Crippen molar-refractivity contribution in [2.45, 2.75) is 57.6 Å². The summed E-state index contributed by atoms with van der Waals surface area (Å²) in [5.41, 5.74) is 5.26. The Labute approximate surface area is 202 Å². The van der Waals surface area contributed by atoms with Gasteiger partial charge in [-0.1, -0.05) is 18.5 Å². The van der Waals surface area contributed by atoms with Crippen LogP contribution in [-0.2, 0) is 0 Å². The highest BCUT2D eigenvalue weighted by Gasteiger charge is 2.25. The number of aryl methyl sites for hydroxylation is 1. The van der Waals surface area contributed by atoms with Crippen molar-refractivity contribution in [3.8, 4) is 16.9 Å². The van der Waals surface area contributed by atoms with Gasteiger partial charge < -0.3 is 14.8 Å². The average Bonchev–Trinajstić information content (AvgIpc) is 3.44. The predicted octanol–water partition coefficient (Wildman–Crippen LogP) is 6.16. The molecule has 2 N–H and O–H groups in total. The van der Waals surface area contributed by atoms with Gasteiger partial charge in [-0.25, -0.2) is 9.37 Å². The van der Waals surface area contributed by atoms with E-state index in [1.807, 2.05) is 30.9 Å². The molecule has 1 aliphatic carbocycles.